The normalized spacial score (nSPS) is 17.2. The predicted molar refractivity (Wildman–Crippen MR) is 141 cm³/mol. The number of rotatable bonds is 6. The van der Waals surface area contributed by atoms with Crippen molar-refractivity contribution in [2.75, 3.05) is 11.5 Å². The standard InChI is InChI=1S/C29H28N4O4/c1-16(2)15-37-23-10-8-19(13-18(23)4)26(34)24-25(20-6-5-11-30-14-20)33(28(36)27(24)35)29-31-21-9-7-17(3)12-22(21)32-29/h5-14,16,25,34H,15H2,1-4H3,(H,31,32)/b26-24+. The summed E-state index contributed by atoms with van der Waals surface area (Å²) < 4.78 is 5.85. The van der Waals surface area contributed by atoms with Gasteiger partial charge < -0.3 is 14.8 Å². The topological polar surface area (TPSA) is 108 Å². The van der Waals surface area contributed by atoms with Gasteiger partial charge >= 0.3 is 5.91 Å². The molecule has 1 atom stereocenters. The molecule has 0 spiro atoms. The number of aromatic amines is 1. The fourth-order valence-electron chi connectivity index (χ4n) is 4.50. The predicted octanol–water partition coefficient (Wildman–Crippen LogP) is 5.24. The van der Waals surface area contributed by atoms with Crippen LogP contribution in [0, 0.1) is 19.8 Å². The van der Waals surface area contributed by atoms with Gasteiger partial charge in [-0.3, -0.25) is 19.5 Å². The quantitative estimate of drug-likeness (QED) is 0.215. The highest BCUT2D eigenvalue weighted by atomic mass is 16.5. The number of aliphatic hydroxyl groups is 1. The van der Waals surface area contributed by atoms with Gasteiger partial charge in [-0.15, -0.1) is 0 Å². The van der Waals surface area contributed by atoms with E-state index >= 15 is 0 Å². The maximum Gasteiger partial charge on any atom is 0.302 e. The molecule has 1 unspecified atom stereocenters. The van der Waals surface area contributed by atoms with Gasteiger partial charge in [0.25, 0.3) is 5.78 Å². The molecule has 2 aromatic carbocycles. The van der Waals surface area contributed by atoms with Gasteiger partial charge in [-0.05, 0) is 72.9 Å². The molecule has 1 aliphatic rings. The van der Waals surface area contributed by atoms with E-state index in [1.54, 1.807) is 42.7 Å². The first-order valence-corrected chi connectivity index (χ1v) is 12.2. The molecule has 8 heteroatoms. The Labute approximate surface area is 214 Å². The smallest absolute Gasteiger partial charge is 0.302 e. The molecular formula is C29H28N4O4. The average Bonchev–Trinajstić information content (AvgIpc) is 3.40. The molecule has 37 heavy (non-hydrogen) atoms. The van der Waals surface area contributed by atoms with Crippen molar-refractivity contribution < 1.29 is 19.4 Å². The summed E-state index contributed by atoms with van der Waals surface area (Å²) in [6.45, 7) is 8.53. The fraction of sp³-hybridized carbons (Fsp3) is 0.241. The van der Waals surface area contributed by atoms with Crippen LogP contribution < -0.4 is 9.64 Å². The summed E-state index contributed by atoms with van der Waals surface area (Å²) in [5.74, 6) is -0.540. The van der Waals surface area contributed by atoms with Gasteiger partial charge in [0.1, 0.15) is 11.5 Å². The van der Waals surface area contributed by atoms with Crippen molar-refractivity contribution in [3.8, 4) is 5.75 Å². The first-order valence-electron chi connectivity index (χ1n) is 12.2. The van der Waals surface area contributed by atoms with Crippen molar-refractivity contribution in [2.24, 2.45) is 5.92 Å². The first-order chi connectivity index (χ1) is 17.7. The Morgan fingerprint density at radius 1 is 1.14 bits per heavy atom. The van der Waals surface area contributed by atoms with E-state index in [2.05, 4.69) is 28.8 Å². The minimum atomic E-state index is -0.910. The van der Waals surface area contributed by atoms with Crippen molar-refractivity contribution in [1.82, 2.24) is 15.0 Å². The van der Waals surface area contributed by atoms with E-state index in [1.807, 2.05) is 32.0 Å². The van der Waals surface area contributed by atoms with E-state index in [4.69, 9.17) is 4.74 Å². The number of nitrogens with zero attached hydrogens (tertiary/aromatic N) is 3. The number of carbonyl (C=O) groups excluding carboxylic acids is 2. The third-order valence-corrected chi connectivity index (χ3v) is 6.32. The lowest BCUT2D eigenvalue weighted by Crippen LogP contribution is -2.30. The lowest BCUT2D eigenvalue weighted by molar-refractivity contribution is -0.132. The summed E-state index contributed by atoms with van der Waals surface area (Å²) in [7, 11) is 0. The van der Waals surface area contributed by atoms with Gasteiger partial charge in [0.2, 0.25) is 5.95 Å². The van der Waals surface area contributed by atoms with Crippen molar-refractivity contribution in [3.63, 3.8) is 0 Å². The number of ether oxygens (including phenoxy) is 1. The van der Waals surface area contributed by atoms with Crippen LogP contribution in [0.3, 0.4) is 0 Å². The maximum absolute atomic E-state index is 13.4. The molecule has 2 aromatic heterocycles. The molecule has 0 saturated carbocycles. The van der Waals surface area contributed by atoms with Crippen molar-refractivity contribution in [3.05, 3.63) is 88.8 Å². The number of aliphatic hydroxyl groups excluding tert-OH is 1. The molecule has 2 N–H and O–H groups in total. The Balaban J connectivity index is 1.63. The Hall–Kier alpha value is -4.46. The minimum Gasteiger partial charge on any atom is -0.507 e. The molecule has 1 amide bonds. The summed E-state index contributed by atoms with van der Waals surface area (Å²) in [5.41, 5.74) is 4.23. The maximum atomic E-state index is 13.4. The number of benzene rings is 2. The van der Waals surface area contributed by atoms with Crippen molar-refractivity contribution in [1.29, 1.82) is 0 Å². The number of hydrogen-bond acceptors (Lipinski definition) is 6. The van der Waals surface area contributed by atoms with Gasteiger partial charge in [-0.1, -0.05) is 26.0 Å². The third kappa shape index (κ3) is 4.46. The minimum absolute atomic E-state index is 0.0233. The molecule has 0 bridgehead atoms. The third-order valence-electron chi connectivity index (χ3n) is 6.32. The zero-order chi connectivity index (χ0) is 26.3. The van der Waals surface area contributed by atoms with E-state index in [0.29, 0.717) is 34.9 Å². The summed E-state index contributed by atoms with van der Waals surface area (Å²) in [5, 5.41) is 11.4. The highest BCUT2D eigenvalue weighted by molar-refractivity contribution is 6.51. The molecule has 5 rings (SSSR count). The number of anilines is 1. The largest absolute Gasteiger partial charge is 0.507 e. The number of Topliss-reactive ketones (excluding diaryl/α,β-unsaturated/α-hetero) is 1. The van der Waals surface area contributed by atoms with E-state index < -0.39 is 17.7 Å². The summed E-state index contributed by atoms with van der Waals surface area (Å²) >= 11 is 0. The number of imidazole rings is 1. The average molecular weight is 497 g/mol. The molecule has 3 heterocycles. The van der Waals surface area contributed by atoms with Crippen molar-refractivity contribution in [2.45, 2.75) is 33.7 Å². The Morgan fingerprint density at radius 2 is 1.95 bits per heavy atom. The highest BCUT2D eigenvalue weighted by Crippen LogP contribution is 2.41. The van der Waals surface area contributed by atoms with Gasteiger partial charge in [0.05, 0.1) is 29.3 Å². The van der Waals surface area contributed by atoms with Crippen LogP contribution in [0.25, 0.3) is 16.8 Å². The van der Waals surface area contributed by atoms with Gasteiger partial charge in [-0.25, -0.2) is 4.98 Å². The van der Waals surface area contributed by atoms with Crippen LogP contribution in [0.5, 0.6) is 5.75 Å². The van der Waals surface area contributed by atoms with E-state index in [1.165, 1.54) is 4.90 Å². The number of amides is 1. The number of ketones is 1. The molecule has 188 valence electrons. The second-order valence-electron chi connectivity index (χ2n) is 9.72. The SMILES string of the molecule is Cc1ccc2nc(N3C(=O)C(=O)/C(=C(/O)c4ccc(OCC(C)C)c(C)c4)C3c3cccnc3)[nH]c2c1. The zero-order valence-corrected chi connectivity index (χ0v) is 21.1. The molecular weight excluding hydrogens is 468 g/mol. The second kappa shape index (κ2) is 9.54. The van der Waals surface area contributed by atoms with Crippen LogP contribution in [-0.4, -0.2) is 38.4 Å². The lowest BCUT2D eigenvalue weighted by Gasteiger charge is -2.22. The van der Waals surface area contributed by atoms with Crippen LogP contribution in [0.4, 0.5) is 5.95 Å². The number of aryl methyl sites for hydroxylation is 2. The van der Waals surface area contributed by atoms with Crippen LogP contribution in [0.1, 0.15) is 42.1 Å². The van der Waals surface area contributed by atoms with Crippen LogP contribution in [-0.2, 0) is 9.59 Å². The van der Waals surface area contributed by atoms with Crippen LogP contribution in [0.2, 0.25) is 0 Å². The van der Waals surface area contributed by atoms with Gasteiger partial charge in [-0.2, -0.15) is 0 Å². The Bertz CT molecular complexity index is 1540. The molecule has 0 aliphatic carbocycles. The fourth-order valence-corrected chi connectivity index (χ4v) is 4.50. The monoisotopic (exact) mass is 496 g/mol. The number of nitrogens with one attached hydrogen (secondary N) is 1. The number of H-pyrrole nitrogens is 1. The molecule has 8 nitrogen and oxygen atoms in total. The molecule has 4 aromatic rings. The number of hydrogen-bond donors (Lipinski definition) is 2. The Kier molecular flexibility index (Phi) is 6.25. The number of pyridine rings is 1. The van der Waals surface area contributed by atoms with Crippen molar-refractivity contribution >= 4 is 34.4 Å². The van der Waals surface area contributed by atoms with E-state index in [-0.39, 0.29) is 17.3 Å². The Morgan fingerprint density at radius 3 is 2.65 bits per heavy atom. The summed E-state index contributed by atoms with van der Waals surface area (Å²) in [6.07, 6.45) is 3.19. The zero-order valence-electron chi connectivity index (χ0n) is 21.1. The summed E-state index contributed by atoms with van der Waals surface area (Å²) in [4.78, 5) is 40.0. The molecule has 1 aliphatic heterocycles. The number of fused-ring (bicyclic) bond motifs is 1. The molecule has 1 fully saturated rings. The second-order valence-corrected chi connectivity index (χ2v) is 9.72. The van der Waals surface area contributed by atoms with E-state index in [9.17, 15) is 14.7 Å². The number of aromatic nitrogens is 3. The van der Waals surface area contributed by atoms with Gasteiger partial charge in [0, 0.05) is 18.0 Å². The summed E-state index contributed by atoms with van der Waals surface area (Å²) in [6, 6.07) is 13.5. The van der Waals surface area contributed by atoms with E-state index in [0.717, 1.165) is 16.6 Å². The van der Waals surface area contributed by atoms with Crippen LogP contribution in [0.15, 0.2) is 66.5 Å². The van der Waals surface area contributed by atoms with Crippen LogP contribution >= 0.6 is 0 Å². The van der Waals surface area contributed by atoms with Gasteiger partial charge in [0.15, 0.2) is 0 Å². The molecule has 1 saturated heterocycles. The number of carbonyl (C=O) groups is 2. The lowest BCUT2D eigenvalue weighted by atomic mass is 9.96. The highest BCUT2D eigenvalue weighted by Gasteiger charge is 2.48. The molecule has 0 radical (unpaired) electrons. The first kappa shape index (κ1) is 24.2.